The first kappa shape index (κ1) is 18.6. The Labute approximate surface area is 151 Å². The minimum Gasteiger partial charge on any atom is -0.344 e. The van der Waals surface area contributed by atoms with Crippen LogP contribution in [0.4, 0.5) is 0 Å². The molecule has 0 radical (unpaired) electrons. The zero-order chi connectivity index (χ0) is 17.7. The summed E-state index contributed by atoms with van der Waals surface area (Å²) in [6, 6.07) is 6.02. The van der Waals surface area contributed by atoms with E-state index in [4.69, 9.17) is 5.84 Å². The van der Waals surface area contributed by atoms with E-state index in [1.54, 1.807) is 0 Å². The Bertz CT molecular complexity index is 663. The first-order valence-electron chi connectivity index (χ1n) is 7.93. The van der Waals surface area contributed by atoms with Gasteiger partial charge in [0.25, 0.3) is 5.91 Å². The maximum absolute atomic E-state index is 12.5. The number of benzene rings is 1. The molecule has 1 aliphatic heterocycles. The molecule has 1 unspecified atom stereocenters. The highest BCUT2D eigenvalue weighted by molar-refractivity contribution is 9.10. The second kappa shape index (κ2) is 7.90. The van der Waals surface area contributed by atoms with Crippen molar-refractivity contribution in [3.8, 4) is 0 Å². The van der Waals surface area contributed by atoms with E-state index in [2.05, 4.69) is 42.7 Å². The van der Waals surface area contributed by atoms with E-state index in [1.807, 2.05) is 32.9 Å². The highest BCUT2D eigenvalue weighted by atomic mass is 79.9. The summed E-state index contributed by atoms with van der Waals surface area (Å²) < 4.78 is 1.02. The van der Waals surface area contributed by atoms with Gasteiger partial charge in [-0.2, -0.15) is 5.10 Å². The van der Waals surface area contributed by atoms with Crippen LogP contribution < -0.4 is 16.5 Å². The van der Waals surface area contributed by atoms with Gasteiger partial charge in [0.15, 0.2) is 5.71 Å². The number of halogens is 1. The fraction of sp³-hybridized carbons (Fsp3) is 0.471. The summed E-state index contributed by atoms with van der Waals surface area (Å²) in [5.41, 5.74) is 2.12. The van der Waals surface area contributed by atoms with Crippen molar-refractivity contribution in [3.63, 3.8) is 0 Å². The average molecular weight is 394 g/mol. The van der Waals surface area contributed by atoms with E-state index in [0.717, 1.165) is 29.5 Å². The molecule has 7 heteroatoms. The van der Waals surface area contributed by atoms with Crippen LogP contribution in [0.25, 0.3) is 0 Å². The van der Waals surface area contributed by atoms with Gasteiger partial charge in [0.05, 0.1) is 17.8 Å². The highest BCUT2D eigenvalue weighted by Gasteiger charge is 2.22. The van der Waals surface area contributed by atoms with Gasteiger partial charge in [-0.05, 0) is 57.0 Å². The standard InChI is InChI=1S/C17H24BrN5O/c1-17(2,3)21-10-15(23-19)16(24)22-14-6-7-20-9-11-8-12(18)4-5-13(11)14/h4-5,8,10,14,20H,6-7,9,19H2,1-3H3,(H,22,24)/b21-10?,23-15+. The van der Waals surface area contributed by atoms with Gasteiger partial charge in [0, 0.05) is 11.0 Å². The van der Waals surface area contributed by atoms with Crippen molar-refractivity contribution in [3.05, 3.63) is 33.8 Å². The lowest BCUT2D eigenvalue weighted by Gasteiger charge is -2.19. The van der Waals surface area contributed by atoms with Crippen LogP contribution in [-0.2, 0) is 11.3 Å². The fourth-order valence-electron chi connectivity index (χ4n) is 2.48. The molecule has 1 aliphatic rings. The van der Waals surface area contributed by atoms with Crippen LogP contribution >= 0.6 is 15.9 Å². The van der Waals surface area contributed by atoms with E-state index >= 15 is 0 Å². The summed E-state index contributed by atoms with van der Waals surface area (Å²) in [7, 11) is 0. The molecule has 6 nitrogen and oxygen atoms in total. The molecule has 0 bridgehead atoms. The van der Waals surface area contributed by atoms with Gasteiger partial charge in [-0.3, -0.25) is 9.79 Å². The van der Waals surface area contributed by atoms with Gasteiger partial charge >= 0.3 is 0 Å². The van der Waals surface area contributed by atoms with Crippen molar-refractivity contribution in [1.82, 2.24) is 10.6 Å². The molecular formula is C17H24BrN5O. The molecule has 130 valence electrons. The van der Waals surface area contributed by atoms with Crippen LogP contribution in [0.1, 0.15) is 44.4 Å². The minimum absolute atomic E-state index is 0.0876. The van der Waals surface area contributed by atoms with Crippen LogP contribution in [0, 0.1) is 0 Å². The van der Waals surface area contributed by atoms with Crippen LogP contribution in [0.2, 0.25) is 0 Å². The number of fused-ring (bicyclic) bond motifs is 1. The first-order valence-corrected chi connectivity index (χ1v) is 8.72. The van der Waals surface area contributed by atoms with Gasteiger partial charge in [-0.1, -0.05) is 22.0 Å². The Hall–Kier alpha value is -1.73. The summed E-state index contributed by atoms with van der Waals surface area (Å²) >= 11 is 3.49. The molecular weight excluding hydrogens is 370 g/mol. The molecule has 1 aromatic carbocycles. The Balaban J connectivity index is 2.18. The number of nitrogens with two attached hydrogens (primary N) is 1. The lowest BCUT2D eigenvalue weighted by atomic mass is 9.99. The average Bonchev–Trinajstić information content (AvgIpc) is 2.68. The van der Waals surface area contributed by atoms with E-state index in [1.165, 1.54) is 11.8 Å². The molecule has 0 spiro atoms. The topological polar surface area (TPSA) is 91.9 Å². The number of nitrogens with zero attached hydrogens (tertiary/aromatic N) is 2. The third kappa shape index (κ3) is 5.14. The summed E-state index contributed by atoms with van der Waals surface area (Å²) in [4.78, 5) is 16.8. The third-order valence-corrected chi connectivity index (χ3v) is 4.15. The summed E-state index contributed by atoms with van der Waals surface area (Å²) in [5.74, 6) is 5.06. The van der Waals surface area contributed by atoms with E-state index in [0.29, 0.717) is 0 Å². The lowest BCUT2D eigenvalue weighted by Crippen LogP contribution is -2.36. The van der Waals surface area contributed by atoms with Crippen molar-refractivity contribution in [2.45, 2.75) is 45.3 Å². The highest BCUT2D eigenvalue weighted by Crippen LogP contribution is 2.26. The van der Waals surface area contributed by atoms with Crippen LogP contribution in [-0.4, -0.2) is 29.9 Å². The second-order valence-electron chi connectivity index (χ2n) is 6.78. The smallest absolute Gasteiger partial charge is 0.273 e. The van der Waals surface area contributed by atoms with Gasteiger partial charge < -0.3 is 16.5 Å². The van der Waals surface area contributed by atoms with Gasteiger partial charge in [-0.15, -0.1) is 0 Å². The molecule has 2 rings (SSSR count). The molecule has 0 saturated heterocycles. The second-order valence-corrected chi connectivity index (χ2v) is 7.69. The molecule has 0 aromatic heterocycles. The monoisotopic (exact) mass is 393 g/mol. The number of aliphatic imine (C=N–C) groups is 1. The number of nitrogens with one attached hydrogen (secondary N) is 2. The Kier molecular flexibility index (Phi) is 6.12. The molecule has 1 atom stereocenters. The normalized spacial score (nSPS) is 19.0. The molecule has 1 aromatic rings. The van der Waals surface area contributed by atoms with Crippen LogP contribution in [0.3, 0.4) is 0 Å². The Morgan fingerprint density at radius 2 is 2.21 bits per heavy atom. The van der Waals surface area contributed by atoms with E-state index in [9.17, 15) is 4.79 Å². The maximum atomic E-state index is 12.5. The fourth-order valence-corrected chi connectivity index (χ4v) is 2.89. The zero-order valence-corrected chi connectivity index (χ0v) is 15.9. The summed E-state index contributed by atoms with van der Waals surface area (Å²) in [6.07, 6.45) is 2.24. The number of rotatable bonds is 3. The molecule has 0 saturated carbocycles. The van der Waals surface area contributed by atoms with Crippen molar-refractivity contribution in [1.29, 1.82) is 0 Å². The summed E-state index contributed by atoms with van der Waals surface area (Å²) in [6.45, 7) is 7.44. The maximum Gasteiger partial charge on any atom is 0.273 e. The molecule has 24 heavy (non-hydrogen) atoms. The summed E-state index contributed by atoms with van der Waals surface area (Å²) in [5, 5.41) is 9.98. The van der Waals surface area contributed by atoms with E-state index < -0.39 is 0 Å². The van der Waals surface area contributed by atoms with Crippen molar-refractivity contribution in [2.24, 2.45) is 15.9 Å². The quantitative estimate of drug-likeness (QED) is 0.417. The Morgan fingerprint density at radius 3 is 2.88 bits per heavy atom. The number of hydrogen-bond donors (Lipinski definition) is 3. The molecule has 0 fully saturated rings. The first-order chi connectivity index (χ1) is 11.3. The van der Waals surface area contributed by atoms with E-state index in [-0.39, 0.29) is 23.2 Å². The van der Waals surface area contributed by atoms with Gasteiger partial charge in [0.1, 0.15) is 0 Å². The Morgan fingerprint density at radius 1 is 1.46 bits per heavy atom. The zero-order valence-electron chi connectivity index (χ0n) is 14.3. The molecule has 0 aliphatic carbocycles. The predicted octanol–water partition coefficient (Wildman–Crippen LogP) is 2.28. The molecule has 1 amide bonds. The third-order valence-electron chi connectivity index (χ3n) is 3.66. The number of amides is 1. The number of carbonyl (C=O) groups is 1. The number of carbonyl (C=O) groups excluding carboxylic acids is 1. The lowest BCUT2D eigenvalue weighted by molar-refractivity contribution is -0.115. The van der Waals surface area contributed by atoms with Crippen molar-refractivity contribution >= 4 is 33.8 Å². The molecule has 4 N–H and O–H groups in total. The largest absolute Gasteiger partial charge is 0.344 e. The predicted molar refractivity (Wildman–Crippen MR) is 101 cm³/mol. The van der Waals surface area contributed by atoms with Crippen molar-refractivity contribution in [2.75, 3.05) is 6.54 Å². The SMILES string of the molecule is CC(C)(C)N=C/C(=N\N)C(=O)NC1CCNCc2cc(Br)ccc21. The molecule has 1 heterocycles. The van der Waals surface area contributed by atoms with Crippen LogP contribution in [0.5, 0.6) is 0 Å². The van der Waals surface area contributed by atoms with Crippen molar-refractivity contribution < 1.29 is 4.79 Å². The number of hydrogen-bond acceptors (Lipinski definition) is 5. The number of hydrazone groups is 1. The minimum atomic E-state index is -0.314. The van der Waals surface area contributed by atoms with Gasteiger partial charge in [0.2, 0.25) is 0 Å². The van der Waals surface area contributed by atoms with Gasteiger partial charge in [-0.25, -0.2) is 0 Å². The van der Waals surface area contributed by atoms with Crippen LogP contribution in [0.15, 0.2) is 32.8 Å².